The van der Waals surface area contributed by atoms with Gasteiger partial charge in [-0.25, -0.2) is 4.98 Å². The predicted molar refractivity (Wildman–Crippen MR) is 87.3 cm³/mol. The summed E-state index contributed by atoms with van der Waals surface area (Å²) < 4.78 is 6.66. The first-order chi connectivity index (χ1) is 10.7. The van der Waals surface area contributed by atoms with Gasteiger partial charge in [-0.05, 0) is 18.6 Å². The number of carbonyl (C=O) groups is 1. The van der Waals surface area contributed by atoms with Crippen molar-refractivity contribution in [2.24, 2.45) is 0 Å². The molecule has 0 atom stereocenters. The highest BCUT2D eigenvalue weighted by atomic mass is 32.2. The van der Waals surface area contributed by atoms with E-state index in [0.29, 0.717) is 35.6 Å². The van der Waals surface area contributed by atoms with Crippen molar-refractivity contribution in [3.05, 3.63) is 34.6 Å². The summed E-state index contributed by atoms with van der Waals surface area (Å²) in [7, 11) is 3.21. The van der Waals surface area contributed by atoms with Gasteiger partial charge in [0.2, 0.25) is 5.91 Å². The Balaban J connectivity index is 2.38. The van der Waals surface area contributed by atoms with Crippen molar-refractivity contribution in [1.29, 1.82) is 0 Å². The molecule has 22 heavy (non-hydrogen) atoms. The largest absolute Gasteiger partial charge is 0.385 e. The fourth-order valence-corrected chi connectivity index (χ4v) is 2.92. The number of benzene rings is 1. The van der Waals surface area contributed by atoms with Crippen LogP contribution in [0.1, 0.15) is 6.42 Å². The second-order valence-electron chi connectivity index (χ2n) is 4.68. The van der Waals surface area contributed by atoms with E-state index < -0.39 is 0 Å². The minimum absolute atomic E-state index is 0.0823. The average Bonchev–Trinajstić information content (AvgIpc) is 2.55. The van der Waals surface area contributed by atoms with Crippen LogP contribution in [0.25, 0.3) is 10.9 Å². The summed E-state index contributed by atoms with van der Waals surface area (Å²) in [5, 5.41) is 3.71. The first-order valence-electron chi connectivity index (χ1n) is 6.99. The summed E-state index contributed by atoms with van der Waals surface area (Å²) in [4.78, 5) is 28.6. The maximum atomic E-state index is 12.6. The normalized spacial score (nSPS) is 10.8. The smallest absolute Gasteiger partial charge is 0.262 e. The van der Waals surface area contributed by atoms with E-state index in [1.807, 2.05) is 12.1 Å². The highest BCUT2D eigenvalue weighted by molar-refractivity contribution is 7.99. The summed E-state index contributed by atoms with van der Waals surface area (Å²) in [5.74, 6) is 0.127. The van der Waals surface area contributed by atoms with Crippen molar-refractivity contribution in [2.75, 3.05) is 26.5 Å². The molecular formula is C15H19N3O3S. The van der Waals surface area contributed by atoms with Gasteiger partial charge in [-0.15, -0.1) is 0 Å². The molecule has 0 bridgehead atoms. The number of methoxy groups -OCH3 is 1. The molecule has 1 aromatic carbocycles. The molecule has 0 saturated heterocycles. The van der Waals surface area contributed by atoms with Crippen molar-refractivity contribution >= 4 is 28.6 Å². The van der Waals surface area contributed by atoms with Gasteiger partial charge in [-0.1, -0.05) is 23.9 Å². The molecular weight excluding hydrogens is 302 g/mol. The molecule has 1 aromatic heterocycles. The highest BCUT2D eigenvalue weighted by Crippen LogP contribution is 2.17. The predicted octanol–water partition coefficient (Wildman–Crippen LogP) is 1.27. The molecule has 118 valence electrons. The van der Waals surface area contributed by atoms with Gasteiger partial charge < -0.3 is 10.1 Å². The maximum absolute atomic E-state index is 12.6. The van der Waals surface area contributed by atoms with Gasteiger partial charge in [-0.2, -0.15) is 0 Å². The summed E-state index contributed by atoms with van der Waals surface area (Å²) >= 11 is 1.27. The average molecular weight is 321 g/mol. The molecule has 2 rings (SSSR count). The van der Waals surface area contributed by atoms with Gasteiger partial charge in [0.05, 0.1) is 16.7 Å². The van der Waals surface area contributed by atoms with E-state index in [9.17, 15) is 9.59 Å². The topological polar surface area (TPSA) is 73.2 Å². The minimum Gasteiger partial charge on any atom is -0.385 e. The van der Waals surface area contributed by atoms with Crippen molar-refractivity contribution in [2.45, 2.75) is 18.1 Å². The quantitative estimate of drug-likeness (QED) is 0.472. The molecule has 7 heteroatoms. The Bertz CT molecular complexity index is 715. The number of thioether (sulfide) groups is 1. The minimum atomic E-state index is -0.101. The van der Waals surface area contributed by atoms with Crippen molar-refractivity contribution < 1.29 is 9.53 Å². The van der Waals surface area contributed by atoms with Gasteiger partial charge in [0.25, 0.3) is 5.56 Å². The molecule has 0 radical (unpaired) electrons. The maximum Gasteiger partial charge on any atom is 0.262 e. The van der Waals surface area contributed by atoms with E-state index in [1.165, 1.54) is 11.8 Å². The lowest BCUT2D eigenvalue weighted by Gasteiger charge is -2.12. The van der Waals surface area contributed by atoms with Crippen LogP contribution in [0, 0.1) is 0 Å². The number of para-hydroxylation sites is 1. The Morgan fingerprint density at radius 1 is 1.41 bits per heavy atom. The molecule has 0 fully saturated rings. The standard InChI is InChI=1S/C15H19N3O3S/c1-16-13(19)10-22-15-17-12-7-4-3-6-11(12)14(20)18(15)8-5-9-21-2/h3-4,6-7H,5,8-10H2,1-2H3,(H,16,19). The van der Waals surface area contributed by atoms with E-state index in [2.05, 4.69) is 10.3 Å². The first-order valence-corrected chi connectivity index (χ1v) is 7.98. The number of hydrogen-bond donors (Lipinski definition) is 1. The Labute approximate surface area is 132 Å². The van der Waals surface area contributed by atoms with Crippen LogP contribution in [0.4, 0.5) is 0 Å². The van der Waals surface area contributed by atoms with Crippen LogP contribution in [0.5, 0.6) is 0 Å². The highest BCUT2D eigenvalue weighted by Gasteiger charge is 2.12. The van der Waals surface area contributed by atoms with E-state index in [-0.39, 0.29) is 17.2 Å². The van der Waals surface area contributed by atoms with Gasteiger partial charge in [-0.3, -0.25) is 14.2 Å². The number of aromatic nitrogens is 2. The number of fused-ring (bicyclic) bond motifs is 1. The summed E-state index contributed by atoms with van der Waals surface area (Å²) in [5.41, 5.74) is 0.566. The van der Waals surface area contributed by atoms with Crippen molar-refractivity contribution in [3.8, 4) is 0 Å². The Hall–Kier alpha value is -1.86. The Morgan fingerprint density at radius 3 is 2.91 bits per heavy atom. The van der Waals surface area contributed by atoms with Gasteiger partial charge in [0, 0.05) is 27.3 Å². The van der Waals surface area contributed by atoms with E-state index in [1.54, 1.807) is 30.9 Å². The second kappa shape index (κ2) is 7.95. The van der Waals surface area contributed by atoms with Crippen LogP contribution in [-0.4, -0.2) is 42.0 Å². The van der Waals surface area contributed by atoms with E-state index in [4.69, 9.17) is 4.74 Å². The van der Waals surface area contributed by atoms with Crippen molar-refractivity contribution in [1.82, 2.24) is 14.9 Å². The molecule has 1 amide bonds. The molecule has 2 aromatic rings. The van der Waals surface area contributed by atoms with Crippen LogP contribution in [-0.2, 0) is 16.1 Å². The molecule has 0 aliphatic carbocycles. The number of nitrogens with one attached hydrogen (secondary N) is 1. The molecule has 0 unspecified atom stereocenters. The molecule has 0 saturated carbocycles. The SMILES string of the molecule is CNC(=O)CSc1nc2ccccc2c(=O)n1CCCOC. The lowest BCUT2D eigenvalue weighted by Crippen LogP contribution is -2.25. The fourth-order valence-electron chi connectivity index (χ4n) is 2.02. The van der Waals surface area contributed by atoms with E-state index >= 15 is 0 Å². The molecule has 1 heterocycles. The zero-order valence-corrected chi connectivity index (χ0v) is 13.5. The van der Waals surface area contributed by atoms with Crippen LogP contribution in [0.15, 0.2) is 34.2 Å². The fraction of sp³-hybridized carbons (Fsp3) is 0.400. The molecule has 0 spiro atoms. The Kier molecular flexibility index (Phi) is 5.97. The molecule has 1 N–H and O–H groups in total. The summed E-state index contributed by atoms with van der Waals surface area (Å²) in [6.45, 7) is 1.08. The number of ether oxygens (including phenoxy) is 1. The molecule has 0 aliphatic rings. The number of amides is 1. The third kappa shape index (κ3) is 3.86. The number of hydrogen-bond acceptors (Lipinski definition) is 5. The molecule has 0 aliphatic heterocycles. The van der Waals surface area contributed by atoms with Crippen LogP contribution in [0.3, 0.4) is 0 Å². The summed E-state index contributed by atoms with van der Waals surface area (Å²) in [6, 6.07) is 7.24. The van der Waals surface area contributed by atoms with Gasteiger partial charge in [0.15, 0.2) is 5.16 Å². The third-order valence-electron chi connectivity index (χ3n) is 3.17. The van der Waals surface area contributed by atoms with Crippen LogP contribution in [0.2, 0.25) is 0 Å². The zero-order valence-electron chi connectivity index (χ0n) is 12.7. The summed E-state index contributed by atoms with van der Waals surface area (Å²) in [6.07, 6.45) is 0.712. The first kappa shape index (κ1) is 16.5. The Morgan fingerprint density at radius 2 is 2.18 bits per heavy atom. The zero-order chi connectivity index (χ0) is 15.9. The monoisotopic (exact) mass is 321 g/mol. The van der Waals surface area contributed by atoms with E-state index in [0.717, 1.165) is 0 Å². The van der Waals surface area contributed by atoms with Crippen LogP contribution < -0.4 is 10.9 Å². The third-order valence-corrected chi connectivity index (χ3v) is 4.14. The number of carbonyl (C=O) groups excluding carboxylic acids is 1. The number of nitrogens with zero attached hydrogens (tertiary/aromatic N) is 2. The second-order valence-corrected chi connectivity index (χ2v) is 5.62. The van der Waals surface area contributed by atoms with Crippen molar-refractivity contribution in [3.63, 3.8) is 0 Å². The number of rotatable bonds is 7. The lowest BCUT2D eigenvalue weighted by molar-refractivity contribution is -0.118. The lowest BCUT2D eigenvalue weighted by atomic mass is 10.2. The molecule has 6 nitrogen and oxygen atoms in total. The van der Waals surface area contributed by atoms with Gasteiger partial charge in [0.1, 0.15) is 0 Å². The van der Waals surface area contributed by atoms with Gasteiger partial charge >= 0.3 is 0 Å². The van der Waals surface area contributed by atoms with Crippen LogP contribution >= 0.6 is 11.8 Å².